The highest BCUT2D eigenvalue weighted by Gasteiger charge is 2.16. The Labute approximate surface area is 198 Å². The van der Waals surface area contributed by atoms with Crippen LogP contribution in [0, 0.1) is 18.7 Å². The molecule has 34 heavy (non-hydrogen) atoms. The van der Waals surface area contributed by atoms with Crippen LogP contribution in [0.4, 0.5) is 10.1 Å². The molecule has 0 saturated heterocycles. The maximum absolute atomic E-state index is 13.0. The molecule has 1 atom stereocenters. The third kappa shape index (κ3) is 7.61. The van der Waals surface area contributed by atoms with Gasteiger partial charge in [0.1, 0.15) is 30.5 Å². The van der Waals surface area contributed by atoms with Crippen molar-refractivity contribution in [2.45, 2.75) is 20.4 Å². The Morgan fingerprint density at radius 2 is 1.74 bits per heavy atom. The molecule has 0 aliphatic carbocycles. The maximum Gasteiger partial charge on any atom is 0.244 e. The molecule has 0 fully saturated rings. The Balaban J connectivity index is 1.40. The fourth-order valence-electron chi connectivity index (χ4n) is 2.93. The van der Waals surface area contributed by atoms with Crippen molar-refractivity contribution in [1.82, 2.24) is 14.7 Å². The summed E-state index contributed by atoms with van der Waals surface area (Å²) in [6.45, 7) is 4.72. The number of hydrogen-bond acceptors (Lipinski definition) is 5. The van der Waals surface area contributed by atoms with Gasteiger partial charge in [0.25, 0.3) is 0 Å². The second-order valence-electron chi connectivity index (χ2n) is 8.06. The zero-order chi connectivity index (χ0) is 24.5. The van der Waals surface area contributed by atoms with Gasteiger partial charge in [0.05, 0.1) is 31.0 Å². The molecular weight excluding hydrogens is 439 g/mol. The molecule has 1 N–H and O–H groups in total. The number of ether oxygens (including phenoxy) is 2. The van der Waals surface area contributed by atoms with Crippen molar-refractivity contribution in [3.05, 3.63) is 72.3 Å². The molecule has 9 heteroatoms. The van der Waals surface area contributed by atoms with Gasteiger partial charge in [-0.25, -0.2) is 4.39 Å². The van der Waals surface area contributed by atoms with Crippen LogP contribution in [0.2, 0.25) is 0 Å². The number of nitrogens with zero attached hydrogens (tertiary/aromatic N) is 3. The van der Waals surface area contributed by atoms with Crippen molar-refractivity contribution >= 4 is 17.5 Å². The van der Waals surface area contributed by atoms with Crippen LogP contribution in [0.3, 0.4) is 0 Å². The Kier molecular flexibility index (Phi) is 8.61. The van der Waals surface area contributed by atoms with Crippen molar-refractivity contribution in [3.63, 3.8) is 0 Å². The van der Waals surface area contributed by atoms with Gasteiger partial charge in [0.15, 0.2) is 0 Å². The van der Waals surface area contributed by atoms with Crippen LogP contribution < -0.4 is 14.8 Å². The first-order valence-electron chi connectivity index (χ1n) is 11.0. The van der Waals surface area contributed by atoms with Crippen molar-refractivity contribution in [3.8, 4) is 11.5 Å². The summed E-state index contributed by atoms with van der Waals surface area (Å²) in [6, 6.07) is 13.3. The summed E-state index contributed by atoms with van der Waals surface area (Å²) in [4.78, 5) is 26.4. The SMILES string of the molecule is Cc1ccc(OCCN(C)C(=O)Cn2cc(NC(=O)C(C)COc3ccc(F)cc3)cn2)cc1. The molecule has 0 aliphatic heterocycles. The van der Waals surface area contributed by atoms with Crippen LogP contribution in [0.15, 0.2) is 60.9 Å². The van der Waals surface area contributed by atoms with Crippen LogP contribution >= 0.6 is 0 Å². The molecule has 1 heterocycles. The van der Waals surface area contributed by atoms with Gasteiger partial charge in [-0.2, -0.15) is 5.10 Å². The Morgan fingerprint density at radius 1 is 1.09 bits per heavy atom. The number of amides is 2. The lowest BCUT2D eigenvalue weighted by Gasteiger charge is -2.17. The van der Waals surface area contributed by atoms with Gasteiger partial charge in [-0.3, -0.25) is 14.3 Å². The van der Waals surface area contributed by atoms with E-state index in [4.69, 9.17) is 9.47 Å². The molecule has 0 spiro atoms. The summed E-state index contributed by atoms with van der Waals surface area (Å²) in [5, 5.41) is 6.90. The van der Waals surface area contributed by atoms with E-state index in [-0.39, 0.29) is 30.8 Å². The summed E-state index contributed by atoms with van der Waals surface area (Å²) in [6.07, 6.45) is 3.08. The van der Waals surface area contributed by atoms with Crippen LogP contribution in [0.25, 0.3) is 0 Å². The molecule has 2 amide bonds. The van der Waals surface area contributed by atoms with Crippen LogP contribution in [-0.2, 0) is 16.1 Å². The van der Waals surface area contributed by atoms with E-state index in [2.05, 4.69) is 10.4 Å². The van der Waals surface area contributed by atoms with Gasteiger partial charge in [-0.15, -0.1) is 0 Å². The van der Waals surface area contributed by atoms with E-state index in [1.807, 2.05) is 31.2 Å². The number of benzene rings is 2. The molecule has 0 aliphatic rings. The summed E-state index contributed by atoms with van der Waals surface area (Å²) in [5.41, 5.74) is 1.64. The lowest BCUT2D eigenvalue weighted by molar-refractivity contribution is -0.131. The van der Waals surface area contributed by atoms with E-state index in [9.17, 15) is 14.0 Å². The van der Waals surface area contributed by atoms with Gasteiger partial charge < -0.3 is 19.7 Å². The normalized spacial score (nSPS) is 11.5. The number of carbonyl (C=O) groups is 2. The predicted molar refractivity (Wildman–Crippen MR) is 126 cm³/mol. The van der Waals surface area contributed by atoms with Gasteiger partial charge in [0.2, 0.25) is 11.8 Å². The topological polar surface area (TPSA) is 85.7 Å². The van der Waals surface area contributed by atoms with Gasteiger partial charge in [0, 0.05) is 13.2 Å². The smallest absolute Gasteiger partial charge is 0.244 e. The molecule has 0 radical (unpaired) electrons. The van der Waals surface area contributed by atoms with Crippen LogP contribution in [-0.4, -0.2) is 53.3 Å². The van der Waals surface area contributed by atoms with Gasteiger partial charge in [-0.1, -0.05) is 24.6 Å². The molecule has 180 valence electrons. The highest BCUT2D eigenvalue weighted by Crippen LogP contribution is 2.14. The van der Waals surface area contributed by atoms with Crippen LogP contribution in [0.5, 0.6) is 11.5 Å². The van der Waals surface area contributed by atoms with E-state index >= 15 is 0 Å². The Morgan fingerprint density at radius 3 is 2.44 bits per heavy atom. The number of nitrogens with one attached hydrogen (secondary N) is 1. The zero-order valence-corrected chi connectivity index (χ0v) is 19.5. The lowest BCUT2D eigenvalue weighted by Crippen LogP contribution is -2.33. The quantitative estimate of drug-likeness (QED) is 0.465. The molecular formula is C25H29FN4O4. The molecule has 3 aromatic rings. The minimum atomic E-state index is -0.449. The number of hydrogen-bond donors (Lipinski definition) is 1. The first kappa shape index (κ1) is 24.8. The third-order valence-corrected chi connectivity index (χ3v) is 5.10. The minimum absolute atomic E-state index is 0.0418. The fourth-order valence-corrected chi connectivity index (χ4v) is 2.93. The highest BCUT2D eigenvalue weighted by atomic mass is 19.1. The van der Waals surface area contributed by atoms with Crippen molar-refractivity contribution in [1.29, 1.82) is 0 Å². The molecule has 8 nitrogen and oxygen atoms in total. The predicted octanol–water partition coefficient (Wildman–Crippen LogP) is 3.52. The van der Waals surface area contributed by atoms with Gasteiger partial charge in [-0.05, 0) is 43.3 Å². The molecule has 2 aromatic carbocycles. The Hall–Kier alpha value is -3.88. The van der Waals surface area contributed by atoms with Crippen molar-refractivity contribution in [2.75, 3.05) is 32.1 Å². The number of carbonyl (C=O) groups excluding carboxylic acids is 2. The zero-order valence-electron chi connectivity index (χ0n) is 19.5. The summed E-state index contributed by atoms with van der Waals surface area (Å²) in [5.74, 6) is 0.0648. The van der Waals surface area contributed by atoms with E-state index in [1.54, 1.807) is 25.1 Å². The van der Waals surface area contributed by atoms with E-state index in [0.717, 1.165) is 11.3 Å². The number of aryl methyl sites for hydroxylation is 1. The second-order valence-corrected chi connectivity index (χ2v) is 8.06. The maximum atomic E-state index is 13.0. The van der Waals surface area contributed by atoms with Gasteiger partial charge >= 0.3 is 0 Å². The first-order chi connectivity index (χ1) is 16.3. The molecule has 3 rings (SSSR count). The first-order valence-corrected chi connectivity index (χ1v) is 11.0. The molecule has 1 unspecified atom stereocenters. The van der Waals surface area contributed by atoms with Crippen molar-refractivity contribution in [2.24, 2.45) is 5.92 Å². The van der Waals surface area contributed by atoms with Crippen molar-refractivity contribution < 1.29 is 23.5 Å². The number of likely N-dealkylation sites (N-methyl/N-ethyl adjacent to an activating group) is 1. The average molecular weight is 469 g/mol. The van der Waals surface area contributed by atoms with E-state index < -0.39 is 5.92 Å². The number of rotatable bonds is 11. The van der Waals surface area contributed by atoms with E-state index in [0.29, 0.717) is 24.6 Å². The average Bonchev–Trinajstić information content (AvgIpc) is 3.26. The summed E-state index contributed by atoms with van der Waals surface area (Å²) < 4.78 is 25.6. The molecule has 1 aromatic heterocycles. The second kappa shape index (κ2) is 11.8. The number of halogens is 1. The molecule has 0 bridgehead atoms. The summed E-state index contributed by atoms with van der Waals surface area (Å²) >= 11 is 0. The molecule has 0 saturated carbocycles. The fraction of sp³-hybridized carbons (Fsp3) is 0.320. The standard InChI is InChI=1S/C25H29FN4O4/c1-18-4-8-22(9-5-18)33-13-12-29(3)24(31)16-30-15-21(14-27-30)28-25(32)19(2)17-34-23-10-6-20(26)7-11-23/h4-11,14-15,19H,12-13,16-17H2,1-3H3,(H,28,32). The highest BCUT2D eigenvalue weighted by molar-refractivity contribution is 5.92. The number of anilines is 1. The largest absolute Gasteiger partial charge is 0.493 e. The number of aromatic nitrogens is 2. The minimum Gasteiger partial charge on any atom is -0.493 e. The van der Waals surface area contributed by atoms with E-state index in [1.165, 1.54) is 35.1 Å². The monoisotopic (exact) mass is 468 g/mol. The third-order valence-electron chi connectivity index (χ3n) is 5.10. The lowest BCUT2D eigenvalue weighted by atomic mass is 10.2. The summed E-state index contributed by atoms with van der Waals surface area (Å²) in [7, 11) is 1.70. The van der Waals surface area contributed by atoms with Crippen LogP contribution in [0.1, 0.15) is 12.5 Å². The Bertz CT molecular complexity index is 1080.